The first-order valence-corrected chi connectivity index (χ1v) is 6.17. The van der Waals surface area contributed by atoms with E-state index in [1.165, 1.54) is 32.1 Å². The maximum absolute atomic E-state index is 5.97. The molecule has 15 heavy (non-hydrogen) atoms. The fourth-order valence-electron chi connectivity index (χ4n) is 2.86. The topological polar surface area (TPSA) is 38.0 Å². The zero-order valence-corrected chi connectivity index (χ0v) is 9.89. The third-order valence-corrected chi connectivity index (χ3v) is 3.81. The van der Waals surface area contributed by atoms with Gasteiger partial charge in [0.05, 0.1) is 0 Å². The summed E-state index contributed by atoms with van der Waals surface area (Å²) >= 11 is 0. The third-order valence-electron chi connectivity index (χ3n) is 3.81. The number of rotatable bonds is 5. The van der Waals surface area contributed by atoms with Gasteiger partial charge in [0.1, 0.15) is 0 Å². The fourth-order valence-corrected chi connectivity index (χ4v) is 2.86. The summed E-state index contributed by atoms with van der Waals surface area (Å²) in [4.78, 5) is 0. The van der Waals surface area contributed by atoms with Crippen LogP contribution in [0.25, 0.3) is 0 Å². The molecule has 1 rings (SSSR count). The molecule has 2 heteroatoms. The largest absolute Gasteiger partial charge is 0.329 e. The van der Waals surface area contributed by atoms with E-state index in [1.807, 2.05) is 0 Å². The lowest BCUT2D eigenvalue weighted by atomic mass is 9.71. The molecule has 0 heterocycles. The van der Waals surface area contributed by atoms with Crippen molar-refractivity contribution in [2.45, 2.75) is 51.0 Å². The van der Waals surface area contributed by atoms with Crippen molar-refractivity contribution in [3.05, 3.63) is 0 Å². The van der Waals surface area contributed by atoms with Crippen LogP contribution in [0, 0.1) is 18.3 Å². The van der Waals surface area contributed by atoms with Crippen LogP contribution in [-0.4, -0.2) is 18.6 Å². The second-order valence-electron chi connectivity index (χ2n) is 4.59. The molecule has 2 atom stereocenters. The summed E-state index contributed by atoms with van der Waals surface area (Å²) in [5, 5.41) is 3.62. The van der Waals surface area contributed by atoms with E-state index in [0.717, 1.165) is 25.4 Å². The molecule has 0 aromatic rings. The Morgan fingerprint density at radius 2 is 2.33 bits per heavy atom. The Morgan fingerprint density at radius 3 is 2.93 bits per heavy atom. The number of nitrogens with one attached hydrogen (secondary N) is 1. The first kappa shape index (κ1) is 12.5. The molecule has 0 bridgehead atoms. The molecular weight excluding hydrogens is 184 g/mol. The standard InChI is InChI=1S/C13H24N2/c1-3-5-10-15-13(11-14)9-7-6-8-12(13)4-2/h1,12,15H,4-11,14H2,2H3. The summed E-state index contributed by atoms with van der Waals surface area (Å²) in [5.41, 5.74) is 6.14. The van der Waals surface area contributed by atoms with Crippen LogP contribution in [0.3, 0.4) is 0 Å². The second kappa shape index (κ2) is 6.15. The minimum atomic E-state index is 0.170. The van der Waals surface area contributed by atoms with Crippen molar-refractivity contribution in [2.24, 2.45) is 11.7 Å². The molecule has 0 saturated heterocycles. The number of terminal acetylenes is 1. The maximum Gasteiger partial charge on any atom is 0.0332 e. The predicted molar refractivity (Wildman–Crippen MR) is 65.5 cm³/mol. The first-order chi connectivity index (χ1) is 7.29. The number of hydrogen-bond donors (Lipinski definition) is 2. The Balaban J connectivity index is 2.58. The average Bonchev–Trinajstić information content (AvgIpc) is 2.30. The molecule has 3 N–H and O–H groups in total. The number of hydrogen-bond acceptors (Lipinski definition) is 2. The van der Waals surface area contributed by atoms with Gasteiger partial charge >= 0.3 is 0 Å². The quantitative estimate of drug-likeness (QED) is 0.535. The van der Waals surface area contributed by atoms with Gasteiger partial charge in [-0.1, -0.05) is 26.2 Å². The normalized spacial score (nSPS) is 31.1. The van der Waals surface area contributed by atoms with E-state index in [2.05, 4.69) is 18.2 Å². The molecule has 0 radical (unpaired) electrons. The van der Waals surface area contributed by atoms with E-state index in [-0.39, 0.29) is 5.54 Å². The molecule has 1 saturated carbocycles. The highest BCUT2D eigenvalue weighted by Gasteiger charge is 2.37. The molecule has 1 aliphatic carbocycles. The molecule has 1 fully saturated rings. The first-order valence-electron chi connectivity index (χ1n) is 6.17. The van der Waals surface area contributed by atoms with Crippen LogP contribution >= 0.6 is 0 Å². The highest BCUT2D eigenvalue weighted by Crippen LogP contribution is 2.35. The zero-order chi connectivity index (χ0) is 11.1. The monoisotopic (exact) mass is 208 g/mol. The van der Waals surface area contributed by atoms with E-state index in [4.69, 9.17) is 12.2 Å². The highest BCUT2D eigenvalue weighted by molar-refractivity contribution is 4.98. The van der Waals surface area contributed by atoms with Gasteiger partial charge in [0, 0.05) is 25.0 Å². The summed E-state index contributed by atoms with van der Waals surface area (Å²) in [5.74, 6) is 3.41. The lowest BCUT2D eigenvalue weighted by molar-refractivity contribution is 0.145. The van der Waals surface area contributed by atoms with E-state index in [0.29, 0.717) is 0 Å². The van der Waals surface area contributed by atoms with Crippen LogP contribution in [0.15, 0.2) is 0 Å². The summed E-state index contributed by atoms with van der Waals surface area (Å²) in [6, 6.07) is 0. The molecule has 0 aromatic heterocycles. The number of nitrogens with two attached hydrogens (primary N) is 1. The van der Waals surface area contributed by atoms with Gasteiger partial charge in [-0.2, -0.15) is 0 Å². The maximum atomic E-state index is 5.97. The van der Waals surface area contributed by atoms with Crippen LogP contribution in [0.4, 0.5) is 0 Å². The minimum absolute atomic E-state index is 0.170. The Bertz CT molecular complexity index is 219. The molecule has 0 aliphatic heterocycles. The molecule has 0 amide bonds. The Morgan fingerprint density at radius 1 is 1.53 bits per heavy atom. The van der Waals surface area contributed by atoms with Crippen molar-refractivity contribution in [2.75, 3.05) is 13.1 Å². The molecule has 86 valence electrons. The van der Waals surface area contributed by atoms with Crippen molar-refractivity contribution in [3.8, 4) is 12.3 Å². The van der Waals surface area contributed by atoms with Gasteiger partial charge in [0.15, 0.2) is 0 Å². The summed E-state index contributed by atoms with van der Waals surface area (Å²) in [7, 11) is 0. The van der Waals surface area contributed by atoms with Crippen LogP contribution in [0.5, 0.6) is 0 Å². The molecule has 0 aromatic carbocycles. The van der Waals surface area contributed by atoms with Crippen molar-refractivity contribution in [3.63, 3.8) is 0 Å². The average molecular weight is 208 g/mol. The summed E-state index contributed by atoms with van der Waals surface area (Å²) in [6.45, 7) is 3.92. The van der Waals surface area contributed by atoms with Gasteiger partial charge in [-0.05, 0) is 18.8 Å². The smallest absolute Gasteiger partial charge is 0.0332 e. The van der Waals surface area contributed by atoms with Crippen LogP contribution in [-0.2, 0) is 0 Å². The SMILES string of the molecule is C#CCCNC1(CN)CCCCC1CC. The van der Waals surface area contributed by atoms with Gasteiger partial charge in [-0.25, -0.2) is 0 Å². The van der Waals surface area contributed by atoms with Gasteiger partial charge in [-0.3, -0.25) is 0 Å². The van der Waals surface area contributed by atoms with E-state index in [9.17, 15) is 0 Å². The lowest BCUT2D eigenvalue weighted by Crippen LogP contribution is -2.58. The van der Waals surface area contributed by atoms with Crippen LogP contribution in [0.2, 0.25) is 0 Å². The lowest BCUT2D eigenvalue weighted by Gasteiger charge is -2.44. The van der Waals surface area contributed by atoms with E-state index >= 15 is 0 Å². The molecular formula is C13H24N2. The van der Waals surface area contributed by atoms with Gasteiger partial charge in [0.25, 0.3) is 0 Å². The van der Waals surface area contributed by atoms with Crippen molar-refractivity contribution < 1.29 is 0 Å². The Hall–Kier alpha value is -0.520. The van der Waals surface area contributed by atoms with Crippen LogP contribution in [0.1, 0.15) is 45.4 Å². The molecule has 2 unspecified atom stereocenters. The van der Waals surface area contributed by atoms with Crippen molar-refractivity contribution in [1.82, 2.24) is 5.32 Å². The van der Waals surface area contributed by atoms with Crippen molar-refractivity contribution in [1.29, 1.82) is 0 Å². The molecule has 1 aliphatic rings. The molecule has 0 spiro atoms. The van der Waals surface area contributed by atoms with E-state index < -0.39 is 0 Å². The van der Waals surface area contributed by atoms with Crippen molar-refractivity contribution >= 4 is 0 Å². The Kier molecular flexibility index (Phi) is 5.14. The van der Waals surface area contributed by atoms with Gasteiger partial charge < -0.3 is 11.1 Å². The second-order valence-corrected chi connectivity index (χ2v) is 4.59. The van der Waals surface area contributed by atoms with Gasteiger partial charge in [-0.15, -0.1) is 12.3 Å². The van der Waals surface area contributed by atoms with Crippen LogP contribution < -0.4 is 11.1 Å². The van der Waals surface area contributed by atoms with E-state index in [1.54, 1.807) is 0 Å². The van der Waals surface area contributed by atoms with Gasteiger partial charge in [0.2, 0.25) is 0 Å². The fraction of sp³-hybridized carbons (Fsp3) is 0.846. The highest BCUT2D eigenvalue weighted by atomic mass is 15.0. The summed E-state index contributed by atoms with van der Waals surface area (Å²) < 4.78 is 0. The zero-order valence-electron chi connectivity index (χ0n) is 9.89. The Labute approximate surface area is 94.0 Å². The minimum Gasteiger partial charge on any atom is -0.329 e. The predicted octanol–water partition coefficient (Wildman–Crippen LogP) is 1.90. The molecule has 2 nitrogen and oxygen atoms in total. The summed E-state index contributed by atoms with van der Waals surface area (Å²) in [6.07, 6.45) is 12.5. The third kappa shape index (κ3) is 2.96.